The molecule has 0 heterocycles. The van der Waals surface area contributed by atoms with Crippen LogP contribution >= 0.6 is 23.4 Å². The van der Waals surface area contributed by atoms with Gasteiger partial charge in [-0.05, 0) is 31.5 Å². The number of benzene rings is 2. The number of hydrogen-bond donors (Lipinski definition) is 0. The zero-order chi connectivity index (χ0) is 20.8. The Morgan fingerprint density at radius 1 is 1.07 bits per heavy atom. The van der Waals surface area contributed by atoms with Gasteiger partial charge in [0.2, 0.25) is 6.04 Å². The third-order valence-corrected chi connectivity index (χ3v) is 4.42. The molecule has 1 unspecified atom stereocenters. The smallest absolute Gasteiger partial charge is 0.276 e. The highest BCUT2D eigenvalue weighted by Gasteiger charge is 2.29. The summed E-state index contributed by atoms with van der Waals surface area (Å²) in [6.07, 6.45) is 0. The molecular formula is C19H19Cl2N3O4. The number of Topliss-reactive ketones (excluding diaryl/α,β-unsaturated/α-hetero) is 1. The molecule has 0 aliphatic rings. The average Bonchev–Trinajstić information content (AvgIpc) is 2.69. The summed E-state index contributed by atoms with van der Waals surface area (Å²) in [7, 11) is 2.94. The first-order valence-electron chi connectivity index (χ1n) is 8.17. The molecule has 148 valence electrons. The number of halogens is 2. The number of nitrogens with zero attached hydrogens (tertiary/aromatic N) is 3. The van der Waals surface area contributed by atoms with Crippen LogP contribution in [0.15, 0.2) is 46.6 Å². The molecule has 1 atom stereocenters. The second-order valence-electron chi connectivity index (χ2n) is 5.85. The van der Waals surface area contributed by atoms with Gasteiger partial charge in [-0.3, -0.25) is 9.59 Å². The number of amides is 1. The maximum Gasteiger partial charge on any atom is 0.276 e. The number of methoxy groups -OCH3 is 2. The minimum absolute atomic E-state index is 0.267. The second kappa shape index (κ2) is 9.52. The molecule has 0 aliphatic heterocycles. The van der Waals surface area contributed by atoms with E-state index in [0.29, 0.717) is 22.2 Å². The van der Waals surface area contributed by atoms with E-state index in [-0.39, 0.29) is 5.69 Å². The summed E-state index contributed by atoms with van der Waals surface area (Å²) in [6.45, 7) is 3.05. The van der Waals surface area contributed by atoms with Crippen LogP contribution in [0.5, 0.6) is 11.5 Å². The fourth-order valence-corrected chi connectivity index (χ4v) is 2.61. The maximum absolute atomic E-state index is 12.8. The molecule has 2 aromatic rings. The van der Waals surface area contributed by atoms with Crippen LogP contribution in [0.1, 0.15) is 12.5 Å². The van der Waals surface area contributed by atoms with E-state index >= 15 is 0 Å². The highest BCUT2D eigenvalue weighted by Crippen LogP contribution is 2.30. The summed E-state index contributed by atoms with van der Waals surface area (Å²) in [5.74, 6) is -0.395. The number of ether oxygens (including phenoxy) is 2. The normalized spacial score (nSPS) is 11.9. The van der Waals surface area contributed by atoms with Crippen molar-refractivity contribution in [3.8, 4) is 11.5 Å². The Labute approximate surface area is 173 Å². The minimum atomic E-state index is -1.41. The van der Waals surface area contributed by atoms with Gasteiger partial charge in [-0.25, -0.2) is 4.42 Å². The molecule has 2 aromatic carbocycles. The number of rotatable bonds is 7. The lowest BCUT2D eigenvalue weighted by molar-refractivity contribution is -0.126. The Morgan fingerprint density at radius 3 is 2.21 bits per heavy atom. The van der Waals surface area contributed by atoms with Crippen molar-refractivity contribution in [3.63, 3.8) is 0 Å². The van der Waals surface area contributed by atoms with Gasteiger partial charge >= 0.3 is 0 Å². The molecule has 0 saturated carbocycles. The van der Waals surface area contributed by atoms with Crippen LogP contribution in [0, 0.1) is 6.92 Å². The lowest BCUT2D eigenvalue weighted by Crippen LogP contribution is -2.36. The van der Waals surface area contributed by atoms with Gasteiger partial charge in [0, 0.05) is 35.0 Å². The Balaban J connectivity index is 2.33. The first kappa shape index (κ1) is 21.7. The van der Waals surface area contributed by atoms with Crippen molar-refractivity contribution in [3.05, 3.63) is 47.0 Å². The molecule has 0 N–H and O–H groups in total. The Morgan fingerprint density at radius 2 is 1.68 bits per heavy atom. The van der Waals surface area contributed by atoms with Crippen LogP contribution in [0.4, 0.5) is 11.4 Å². The summed E-state index contributed by atoms with van der Waals surface area (Å²) in [5.41, 5.74) is 1.52. The van der Waals surface area contributed by atoms with Crippen LogP contribution < -0.4 is 13.9 Å². The number of carbonyl (C=O) groups excluding carboxylic acids is 2. The number of hydrogen-bond acceptors (Lipinski definition) is 6. The highest BCUT2D eigenvalue weighted by atomic mass is 35.5. The number of anilines is 1. The Hall–Kier alpha value is -2.64. The molecule has 28 heavy (non-hydrogen) atoms. The van der Waals surface area contributed by atoms with Crippen molar-refractivity contribution in [2.75, 3.05) is 18.6 Å². The van der Waals surface area contributed by atoms with Crippen LogP contribution in [0.3, 0.4) is 0 Å². The molecule has 7 nitrogen and oxygen atoms in total. The topological polar surface area (TPSA) is 80.6 Å². The van der Waals surface area contributed by atoms with Gasteiger partial charge in [-0.2, -0.15) is 10.2 Å². The molecule has 0 spiro atoms. The number of carbonyl (C=O) groups is 2. The lowest BCUT2D eigenvalue weighted by Gasteiger charge is -2.18. The third kappa shape index (κ3) is 5.21. The highest BCUT2D eigenvalue weighted by molar-refractivity contribution is 6.39. The van der Waals surface area contributed by atoms with Gasteiger partial charge in [0.25, 0.3) is 5.91 Å². The fourth-order valence-electron chi connectivity index (χ4n) is 2.26. The van der Waals surface area contributed by atoms with Gasteiger partial charge in [-0.1, -0.05) is 17.7 Å². The maximum atomic E-state index is 12.8. The predicted molar refractivity (Wildman–Crippen MR) is 108 cm³/mol. The summed E-state index contributed by atoms with van der Waals surface area (Å²) in [4.78, 5) is 24.8. The van der Waals surface area contributed by atoms with E-state index in [1.807, 2.05) is 6.92 Å². The molecule has 1 amide bonds. The zero-order valence-electron chi connectivity index (χ0n) is 15.8. The number of ketones is 1. The molecule has 0 aliphatic carbocycles. The van der Waals surface area contributed by atoms with E-state index in [0.717, 1.165) is 9.98 Å². The van der Waals surface area contributed by atoms with E-state index in [9.17, 15) is 9.59 Å². The number of aryl methyl sites for hydroxylation is 1. The molecule has 2 rings (SSSR count). The van der Waals surface area contributed by atoms with Crippen molar-refractivity contribution in [1.82, 2.24) is 0 Å². The fraction of sp³-hybridized carbons (Fsp3) is 0.263. The van der Waals surface area contributed by atoms with Gasteiger partial charge in [-0.15, -0.1) is 0 Å². The molecule has 0 bridgehead atoms. The number of azo groups is 1. The molecule has 9 heteroatoms. The van der Waals surface area contributed by atoms with Crippen LogP contribution in [-0.2, 0) is 9.59 Å². The summed E-state index contributed by atoms with van der Waals surface area (Å²) >= 11 is 12.1. The third-order valence-electron chi connectivity index (χ3n) is 3.83. The van der Waals surface area contributed by atoms with Crippen LogP contribution in [0.2, 0.25) is 5.02 Å². The quantitative estimate of drug-likeness (QED) is 0.360. The van der Waals surface area contributed by atoms with Crippen LogP contribution in [-0.4, -0.2) is 32.0 Å². The van der Waals surface area contributed by atoms with Gasteiger partial charge < -0.3 is 9.47 Å². The molecule has 0 radical (unpaired) electrons. The second-order valence-corrected chi connectivity index (χ2v) is 6.62. The Kier molecular flexibility index (Phi) is 7.37. The molecule has 0 saturated heterocycles. The Bertz CT molecular complexity index is 896. The van der Waals surface area contributed by atoms with Crippen molar-refractivity contribution < 1.29 is 19.1 Å². The van der Waals surface area contributed by atoms with E-state index in [4.69, 9.17) is 32.9 Å². The summed E-state index contributed by atoms with van der Waals surface area (Å²) in [6, 6.07) is 8.34. The zero-order valence-corrected chi connectivity index (χ0v) is 17.3. The first-order chi connectivity index (χ1) is 13.3. The summed E-state index contributed by atoms with van der Waals surface area (Å²) < 4.78 is 11.1. The van der Waals surface area contributed by atoms with Gasteiger partial charge in [0.1, 0.15) is 11.5 Å². The van der Waals surface area contributed by atoms with E-state index in [1.165, 1.54) is 33.3 Å². The largest absolute Gasteiger partial charge is 0.497 e. The lowest BCUT2D eigenvalue weighted by atomic mass is 10.2. The minimum Gasteiger partial charge on any atom is -0.497 e. The summed E-state index contributed by atoms with van der Waals surface area (Å²) in [5, 5.41) is 8.39. The van der Waals surface area contributed by atoms with Crippen LogP contribution in [0.25, 0.3) is 0 Å². The van der Waals surface area contributed by atoms with Gasteiger partial charge in [0.05, 0.1) is 25.6 Å². The first-order valence-corrected chi connectivity index (χ1v) is 8.88. The van der Waals surface area contributed by atoms with Gasteiger partial charge in [0.15, 0.2) is 5.78 Å². The van der Waals surface area contributed by atoms with Crippen molar-refractivity contribution >= 4 is 46.4 Å². The van der Waals surface area contributed by atoms with Crippen molar-refractivity contribution in [2.24, 2.45) is 10.2 Å². The monoisotopic (exact) mass is 423 g/mol. The van der Waals surface area contributed by atoms with Crippen molar-refractivity contribution in [1.29, 1.82) is 0 Å². The van der Waals surface area contributed by atoms with E-state index in [2.05, 4.69) is 10.2 Å². The standard InChI is InChI=1S/C19H19Cl2N3O4/c1-11-5-6-13(20)7-17(11)22-23-18(12(2)25)19(26)24(21)14-8-15(27-3)10-16(9-14)28-4/h5-10,18H,1-4H3. The average molecular weight is 424 g/mol. The SMILES string of the molecule is COc1cc(OC)cc(N(Cl)C(=O)C(N=Nc2cc(Cl)ccc2C)C(C)=O)c1. The molecule has 0 fully saturated rings. The molecular weight excluding hydrogens is 405 g/mol. The van der Waals surface area contributed by atoms with Crippen molar-refractivity contribution in [2.45, 2.75) is 19.9 Å². The van der Waals surface area contributed by atoms with E-state index in [1.54, 1.807) is 24.3 Å². The predicted octanol–water partition coefficient (Wildman–Crippen LogP) is 4.89. The molecule has 0 aromatic heterocycles. The van der Waals surface area contributed by atoms with E-state index < -0.39 is 17.7 Å².